The van der Waals surface area contributed by atoms with Crippen molar-refractivity contribution in [3.05, 3.63) is 97.9 Å². The van der Waals surface area contributed by atoms with Crippen LogP contribution in [0.5, 0.6) is 0 Å². The quantitative estimate of drug-likeness (QED) is 0.276. The van der Waals surface area contributed by atoms with Gasteiger partial charge in [-0.05, 0) is 86.6 Å². The van der Waals surface area contributed by atoms with Crippen LogP contribution in [-0.4, -0.2) is 49.7 Å². The second-order valence-corrected chi connectivity index (χ2v) is 13.9. The molecule has 5 nitrogen and oxygen atoms in total. The monoisotopic (exact) mass is 660 g/mol. The number of likely N-dealkylation sites (N-methyl/N-ethyl adjacent to an activating group) is 1. The van der Waals surface area contributed by atoms with Gasteiger partial charge in [0.25, 0.3) is 0 Å². The fraction of sp³-hybridized carbons (Fsp3) is 0.367. The molecule has 0 aliphatic carbocycles. The van der Waals surface area contributed by atoms with Gasteiger partial charge in [0.15, 0.2) is 0 Å². The number of sulfonamides is 1. The lowest BCUT2D eigenvalue weighted by Gasteiger charge is -2.36. The number of halogens is 2. The van der Waals surface area contributed by atoms with Crippen LogP contribution in [0.15, 0.2) is 80.6 Å². The minimum Gasteiger partial charge on any atom is -0.342 e. The molecular formula is C30H34Br2N2O3S. The highest BCUT2D eigenvalue weighted by atomic mass is 79.9. The van der Waals surface area contributed by atoms with E-state index in [0.29, 0.717) is 30.8 Å². The Kier molecular flexibility index (Phi) is 9.50. The van der Waals surface area contributed by atoms with Crippen LogP contribution in [-0.2, 0) is 27.7 Å². The van der Waals surface area contributed by atoms with Gasteiger partial charge in [0.1, 0.15) is 0 Å². The summed E-state index contributed by atoms with van der Waals surface area (Å²) in [5.74, 6) is -0.101. The van der Waals surface area contributed by atoms with Crippen LogP contribution in [0.1, 0.15) is 35.1 Å². The van der Waals surface area contributed by atoms with Gasteiger partial charge in [0.2, 0.25) is 15.9 Å². The van der Waals surface area contributed by atoms with Crippen molar-refractivity contribution in [2.75, 3.05) is 20.1 Å². The number of hydrogen-bond acceptors (Lipinski definition) is 3. The van der Waals surface area contributed by atoms with E-state index in [-0.39, 0.29) is 17.9 Å². The van der Waals surface area contributed by atoms with Gasteiger partial charge in [-0.25, -0.2) is 8.42 Å². The lowest BCUT2D eigenvalue weighted by atomic mass is 9.93. The molecule has 4 rings (SSSR count). The largest absolute Gasteiger partial charge is 0.342 e. The maximum atomic E-state index is 13.7. The Morgan fingerprint density at radius 2 is 1.39 bits per heavy atom. The molecule has 38 heavy (non-hydrogen) atoms. The zero-order valence-electron chi connectivity index (χ0n) is 22.0. The number of benzene rings is 3. The van der Waals surface area contributed by atoms with Gasteiger partial charge in [-0.1, -0.05) is 73.8 Å². The van der Waals surface area contributed by atoms with Crippen LogP contribution in [0.25, 0.3) is 0 Å². The Morgan fingerprint density at radius 1 is 0.895 bits per heavy atom. The van der Waals surface area contributed by atoms with Crippen molar-refractivity contribution in [1.82, 2.24) is 9.21 Å². The van der Waals surface area contributed by atoms with Crippen molar-refractivity contribution in [1.29, 1.82) is 0 Å². The number of nitrogens with zero attached hydrogens (tertiary/aromatic N) is 2. The summed E-state index contributed by atoms with van der Waals surface area (Å²) in [7, 11) is -1.69. The van der Waals surface area contributed by atoms with Crippen molar-refractivity contribution in [3.63, 3.8) is 0 Å². The molecule has 0 N–H and O–H groups in total. The summed E-state index contributed by atoms with van der Waals surface area (Å²) in [6.45, 7) is 4.49. The van der Waals surface area contributed by atoms with Crippen LogP contribution >= 0.6 is 31.9 Å². The van der Waals surface area contributed by atoms with Crippen LogP contribution in [0, 0.1) is 19.8 Å². The molecule has 1 fully saturated rings. The first-order chi connectivity index (χ1) is 18.0. The topological polar surface area (TPSA) is 57.7 Å². The summed E-state index contributed by atoms with van der Waals surface area (Å²) in [4.78, 5) is 15.9. The van der Waals surface area contributed by atoms with Gasteiger partial charge in [0.05, 0.1) is 4.90 Å². The minimum atomic E-state index is -3.58. The zero-order chi connectivity index (χ0) is 27.4. The standard InChI is InChI=1S/C30H34Br2N2O3S/c1-21-4-13-29(22(2)18-21)38(36,37)34-16-14-25(15-17-34)30(35)33(3)28(19-23-5-9-26(31)10-6-23)20-24-7-11-27(32)12-8-24/h4-13,18,25,28H,14-17,19-20H2,1-3H3. The third-order valence-electron chi connectivity index (χ3n) is 7.42. The first-order valence-electron chi connectivity index (χ1n) is 12.9. The van der Waals surface area contributed by atoms with Gasteiger partial charge in [-0.15, -0.1) is 0 Å². The molecule has 0 spiro atoms. The summed E-state index contributed by atoms with van der Waals surface area (Å²) in [6.07, 6.45) is 2.53. The van der Waals surface area contributed by atoms with E-state index in [1.165, 1.54) is 15.4 Å². The molecule has 0 atom stereocenters. The Labute approximate surface area is 243 Å². The number of carbonyl (C=O) groups is 1. The Hall–Kier alpha value is -2.00. The summed E-state index contributed by atoms with van der Waals surface area (Å²) in [5.41, 5.74) is 4.13. The number of rotatable bonds is 8. The van der Waals surface area contributed by atoms with Gasteiger partial charge in [-0.3, -0.25) is 4.79 Å². The minimum absolute atomic E-state index is 0.0122. The van der Waals surface area contributed by atoms with E-state index < -0.39 is 10.0 Å². The van der Waals surface area contributed by atoms with Gasteiger partial charge in [0, 0.05) is 41.0 Å². The molecule has 1 heterocycles. The molecule has 1 saturated heterocycles. The molecule has 3 aromatic carbocycles. The van der Waals surface area contributed by atoms with E-state index in [1.807, 2.05) is 62.2 Å². The summed E-state index contributed by atoms with van der Waals surface area (Å²) >= 11 is 7.00. The van der Waals surface area contributed by atoms with Crippen molar-refractivity contribution in [3.8, 4) is 0 Å². The number of amides is 1. The van der Waals surface area contributed by atoms with E-state index >= 15 is 0 Å². The van der Waals surface area contributed by atoms with Gasteiger partial charge < -0.3 is 4.90 Å². The molecule has 1 aliphatic rings. The molecule has 8 heteroatoms. The molecule has 0 unspecified atom stereocenters. The summed E-state index contributed by atoms with van der Waals surface area (Å²) in [5, 5.41) is 0. The van der Waals surface area contributed by atoms with Crippen LogP contribution in [0.4, 0.5) is 0 Å². The molecule has 202 valence electrons. The highest BCUT2D eigenvalue weighted by molar-refractivity contribution is 9.10. The van der Waals surface area contributed by atoms with Crippen molar-refractivity contribution < 1.29 is 13.2 Å². The van der Waals surface area contributed by atoms with Gasteiger partial charge in [-0.2, -0.15) is 4.31 Å². The zero-order valence-corrected chi connectivity index (χ0v) is 26.0. The van der Waals surface area contributed by atoms with Crippen LogP contribution in [0.2, 0.25) is 0 Å². The van der Waals surface area contributed by atoms with Crippen molar-refractivity contribution >= 4 is 47.8 Å². The first kappa shape index (κ1) is 29.0. The number of aryl methyl sites for hydroxylation is 2. The van der Waals surface area contributed by atoms with E-state index in [1.54, 1.807) is 6.07 Å². The summed E-state index contributed by atoms with van der Waals surface area (Å²) in [6, 6.07) is 21.9. The second kappa shape index (κ2) is 12.5. The molecule has 1 aliphatic heterocycles. The Morgan fingerprint density at radius 3 is 1.87 bits per heavy atom. The maximum Gasteiger partial charge on any atom is 0.243 e. The number of piperidine rings is 1. The van der Waals surface area contributed by atoms with E-state index in [2.05, 4.69) is 56.1 Å². The second-order valence-electron chi connectivity index (χ2n) is 10.2. The molecule has 1 amide bonds. The number of carbonyl (C=O) groups excluding carboxylic acids is 1. The van der Waals surface area contributed by atoms with E-state index in [4.69, 9.17) is 0 Å². The smallest absolute Gasteiger partial charge is 0.243 e. The predicted octanol–water partition coefficient (Wildman–Crippen LogP) is 6.54. The fourth-order valence-electron chi connectivity index (χ4n) is 5.17. The van der Waals surface area contributed by atoms with E-state index in [0.717, 1.165) is 32.9 Å². The van der Waals surface area contributed by atoms with Gasteiger partial charge >= 0.3 is 0 Å². The Bertz CT molecular complexity index is 1320. The highest BCUT2D eigenvalue weighted by Crippen LogP contribution is 2.28. The Balaban J connectivity index is 1.46. The molecule has 0 bridgehead atoms. The lowest BCUT2D eigenvalue weighted by Crippen LogP contribution is -2.47. The van der Waals surface area contributed by atoms with E-state index in [9.17, 15) is 13.2 Å². The average molecular weight is 662 g/mol. The molecule has 0 aromatic heterocycles. The number of hydrogen-bond donors (Lipinski definition) is 0. The molecule has 3 aromatic rings. The van der Waals surface area contributed by atoms with Crippen LogP contribution < -0.4 is 0 Å². The fourth-order valence-corrected chi connectivity index (χ4v) is 7.37. The first-order valence-corrected chi connectivity index (χ1v) is 15.9. The normalized spacial score (nSPS) is 15.1. The maximum absolute atomic E-state index is 13.7. The van der Waals surface area contributed by atoms with Crippen molar-refractivity contribution in [2.45, 2.75) is 50.5 Å². The average Bonchev–Trinajstić information content (AvgIpc) is 2.90. The molecule has 0 saturated carbocycles. The summed E-state index contributed by atoms with van der Waals surface area (Å²) < 4.78 is 30.2. The third-order valence-corrected chi connectivity index (χ3v) is 10.5. The molecule has 0 radical (unpaired) electrons. The predicted molar refractivity (Wildman–Crippen MR) is 160 cm³/mol. The third kappa shape index (κ3) is 6.95. The van der Waals surface area contributed by atoms with Crippen molar-refractivity contribution in [2.24, 2.45) is 5.92 Å². The lowest BCUT2D eigenvalue weighted by molar-refractivity contribution is -0.137. The van der Waals surface area contributed by atoms with Crippen LogP contribution in [0.3, 0.4) is 0 Å². The molecular weight excluding hydrogens is 628 g/mol. The SMILES string of the molecule is Cc1ccc(S(=O)(=O)N2CCC(C(=O)N(C)C(Cc3ccc(Br)cc3)Cc3ccc(Br)cc3)CC2)c(C)c1. The highest BCUT2D eigenvalue weighted by Gasteiger charge is 2.35.